The lowest BCUT2D eigenvalue weighted by Crippen LogP contribution is -2.26. The van der Waals surface area contributed by atoms with Crippen LogP contribution in [0, 0.1) is 5.82 Å². The summed E-state index contributed by atoms with van der Waals surface area (Å²) in [6.45, 7) is 0.465. The third-order valence-electron chi connectivity index (χ3n) is 3.77. The minimum Gasteiger partial charge on any atom is -0.465 e. The lowest BCUT2D eigenvalue weighted by Gasteiger charge is -2.09. The molecule has 0 unspecified atom stereocenters. The van der Waals surface area contributed by atoms with Crippen molar-refractivity contribution in [1.82, 2.24) is 5.32 Å². The third kappa shape index (κ3) is 4.67. The number of furan rings is 1. The smallest absolute Gasteiger partial charge is 0.252 e. The summed E-state index contributed by atoms with van der Waals surface area (Å²) >= 11 is 0. The topological polar surface area (TPSA) is 42.2 Å². The van der Waals surface area contributed by atoms with Crippen molar-refractivity contribution in [2.75, 3.05) is 6.54 Å². The van der Waals surface area contributed by atoms with Crippen molar-refractivity contribution >= 4 is 17.6 Å². The average Bonchev–Trinajstić information content (AvgIpc) is 3.15. The van der Waals surface area contributed by atoms with Crippen LogP contribution in [0.3, 0.4) is 0 Å². The lowest BCUT2D eigenvalue weighted by atomic mass is 10.0. The predicted molar refractivity (Wildman–Crippen MR) is 96.1 cm³/mol. The van der Waals surface area contributed by atoms with Gasteiger partial charge in [0.05, 0.1) is 11.8 Å². The Morgan fingerprint density at radius 2 is 1.76 bits per heavy atom. The van der Waals surface area contributed by atoms with Crippen LogP contribution < -0.4 is 5.32 Å². The van der Waals surface area contributed by atoms with Crippen LogP contribution in [0.2, 0.25) is 0 Å². The molecule has 0 saturated carbocycles. The predicted octanol–water partition coefficient (Wildman–Crippen LogP) is 4.32. The fourth-order valence-electron chi connectivity index (χ4n) is 2.48. The molecular formula is C21H18FNO2. The summed E-state index contributed by atoms with van der Waals surface area (Å²) in [4.78, 5) is 12.6. The van der Waals surface area contributed by atoms with Crippen molar-refractivity contribution in [1.29, 1.82) is 0 Å². The second-order valence-electron chi connectivity index (χ2n) is 5.57. The van der Waals surface area contributed by atoms with E-state index in [4.69, 9.17) is 4.42 Å². The molecule has 0 fully saturated rings. The van der Waals surface area contributed by atoms with Crippen LogP contribution >= 0.6 is 0 Å². The highest BCUT2D eigenvalue weighted by atomic mass is 19.1. The first kappa shape index (κ1) is 16.7. The van der Waals surface area contributed by atoms with E-state index in [-0.39, 0.29) is 11.7 Å². The van der Waals surface area contributed by atoms with Crippen molar-refractivity contribution in [3.05, 3.63) is 95.7 Å². The van der Waals surface area contributed by atoms with Gasteiger partial charge in [0.25, 0.3) is 5.91 Å². The standard InChI is InChI=1S/C21H18FNO2/c22-18-10-8-16(9-11-18)12-13-23-21(24)20(15-19-7-4-14-25-19)17-5-2-1-3-6-17/h1-11,14-15H,12-13H2,(H,23,24)/b20-15+. The van der Waals surface area contributed by atoms with E-state index in [1.807, 2.05) is 30.3 Å². The van der Waals surface area contributed by atoms with E-state index < -0.39 is 0 Å². The molecule has 25 heavy (non-hydrogen) atoms. The fraction of sp³-hybridized carbons (Fsp3) is 0.0952. The first-order valence-corrected chi connectivity index (χ1v) is 8.05. The molecule has 1 aromatic heterocycles. The Balaban J connectivity index is 1.70. The van der Waals surface area contributed by atoms with Crippen molar-refractivity contribution in [2.24, 2.45) is 0 Å². The van der Waals surface area contributed by atoms with Crippen molar-refractivity contribution in [3.8, 4) is 0 Å². The zero-order chi connectivity index (χ0) is 17.5. The number of halogens is 1. The van der Waals surface area contributed by atoms with Gasteiger partial charge in [-0.1, -0.05) is 42.5 Å². The molecule has 0 aliphatic heterocycles. The molecule has 3 aromatic rings. The van der Waals surface area contributed by atoms with Crippen molar-refractivity contribution in [2.45, 2.75) is 6.42 Å². The van der Waals surface area contributed by atoms with Gasteiger partial charge in [-0.2, -0.15) is 0 Å². The number of carbonyl (C=O) groups excluding carboxylic acids is 1. The van der Waals surface area contributed by atoms with E-state index in [1.54, 1.807) is 36.6 Å². The number of nitrogens with one attached hydrogen (secondary N) is 1. The maximum absolute atomic E-state index is 12.9. The first-order chi connectivity index (χ1) is 12.2. The van der Waals surface area contributed by atoms with E-state index in [0.29, 0.717) is 24.3 Å². The maximum Gasteiger partial charge on any atom is 0.252 e. The molecule has 126 valence electrons. The number of carbonyl (C=O) groups is 1. The molecular weight excluding hydrogens is 317 g/mol. The summed E-state index contributed by atoms with van der Waals surface area (Å²) < 4.78 is 18.3. The van der Waals surface area contributed by atoms with Crippen LogP contribution in [0.15, 0.2) is 77.4 Å². The SMILES string of the molecule is O=C(NCCc1ccc(F)cc1)/C(=C/c1ccco1)c1ccccc1. The molecule has 0 bridgehead atoms. The molecule has 2 aromatic carbocycles. The molecule has 1 amide bonds. The van der Waals surface area contributed by atoms with Crippen LogP contribution in [-0.4, -0.2) is 12.5 Å². The van der Waals surface area contributed by atoms with Crippen LogP contribution in [0.1, 0.15) is 16.9 Å². The van der Waals surface area contributed by atoms with Gasteiger partial charge in [-0.05, 0) is 47.9 Å². The molecule has 3 rings (SSSR count). The summed E-state index contributed by atoms with van der Waals surface area (Å²) in [7, 11) is 0. The minimum atomic E-state index is -0.263. The summed E-state index contributed by atoms with van der Waals surface area (Å²) in [5, 5.41) is 2.91. The van der Waals surface area contributed by atoms with Crippen molar-refractivity contribution in [3.63, 3.8) is 0 Å². The van der Waals surface area contributed by atoms with Gasteiger partial charge in [-0.3, -0.25) is 4.79 Å². The Labute approximate surface area is 145 Å². The molecule has 1 N–H and O–H groups in total. The number of amides is 1. The molecule has 1 heterocycles. The quantitative estimate of drug-likeness (QED) is 0.682. The van der Waals surface area contributed by atoms with Crippen LogP contribution in [-0.2, 0) is 11.2 Å². The molecule has 0 aliphatic carbocycles. The Morgan fingerprint density at radius 1 is 1.00 bits per heavy atom. The van der Waals surface area contributed by atoms with Gasteiger partial charge in [-0.25, -0.2) is 4.39 Å². The van der Waals surface area contributed by atoms with Gasteiger partial charge in [0.1, 0.15) is 11.6 Å². The molecule has 0 atom stereocenters. The van der Waals surface area contributed by atoms with E-state index in [1.165, 1.54) is 12.1 Å². The largest absolute Gasteiger partial charge is 0.465 e. The summed E-state index contributed by atoms with van der Waals surface area (Å²) in [5.41, 5.74) is 2.32. The highest BCUT2D eigenvalue weighted by molar-refractivity contribution is 6.24. The van der Waals surface area contributed by atoms with Crippen LogP contribution in [0.25, 0.3) is 11.6 Å². The summed E-state index contributed by atoms with van der Waals surface area (Å²) in [6, 6.07) is 19.3. The van der Waals surface area contributed by atoms with Crippen LogP contribution in [0.5, 0.6) is 0 Å². The van der Waals surface area contributed by atoms with Crippen molar-refractivity contribution < 1.29 is 13.6 Å². The summed E-state index contributed by atoms with van der Waals surface area (Å²) in [5.74, 6) is 0.178. The third-order valence-corrected chi connectivity index (χ3v) is 3.77. The number of hydrogen-bond donors (Lipinski definition) is 1. The minimum absolute atomic E-state index is 0.176. The van der Waals surface area contributed by atoms with E-state index in [2.05, 4.69) is 5.32 Å². The zero-order valence-electron chi connectivity index (χ0n) is 13.6. The second kappa shape index (κ2) is 8.11. The van der Waals surface area contributed by atoms with Gasteiger partial charge >= 0.3 is 0 Å². The molecule has 0 saturated heterocycles. The number of hydrogen-bond acceptors (Lipinski definition) is 2. The van der Waals surface area contributed by atoms with Gasteiger partial charge in [0, 0.05) is 6.54 Å². The molecule has 3 nitrogen and oxygen atoms in total. The molecule has 0 aliphatic rings. The van der Waals surface area contributed by atoms with Crippen LogP contribution in [0.4, 0.5) is 4.39 Å². The molecule has 0 spiro atoms. The first-order valence-electron chi connectivity index (χ1n) is 8.05. The molecule has 0 radical (unpaired) electrons. The Bertz CT molecular complexity index is 837. The number of benzene rings is 2. The van der Waals surface area contributed by atoms with Gasteiger partial charge in [0.2, 0.25) is 0 Å². The highest BCUT2D eigenvalue weighted by Crippen LogP contribution is 2.18. The Kier molecular flexibility index (Phi) is 5.42. The van der Waals surface area contributed by atoms with Gasteiger partial charge in [0.15, 0.2) is 0 Å². The van der Waals surface area contributed by atoms with E-state index in [9.17, 15) is 9.18 Å². The van der Waals surface area contributed by atoms with Gasteiger partial charge < -0.3 is 9.73 Å². The zero-order valence-corrected chi connectivity index (χ0v) is 13.6. The monoisotopic (exact) mass is 335 g/mol. The normalized spacial score (nSPS) is 11.3. The Hall–Kier alpha value is -3.14. The average molecular weight is 335 g/mol. The summed E-state index contributed by atoms with van der Waals surface area (Å²) in [6.07, 6.45) is 3.93. The maximum atomic E-state index is 12.9. The van der Waals surface area contributed by atoms with E-state index in [0.717, 1.165) is 11.1 Å². The lowest BCUT2D eigenvalue weighted by molar-refractivity contribution is -0.115. The second-order valence-corrected chi connectivity index (χ2v) is 5.57. The highest BCUT2D eigenvalue weighted by Gasteiger charge is 2.12. The molecule has 4 heteroatoms. The number of rotatable bonds is 6. The fourth-order valence-corrected chi connectivity index (χ4v) is 2.48. The Morgan fingerprint density at radius 3 is 2.44 bits per heavy atom. The van der Waals surface area contributed by atoms with Gasteiger partial charge in [-0.15, -0.1) is 0 Å². The van der Waals surface area contributed by atoms with E-state index >= 15 is 0 Å².